The largest absolute Gasteiger partial charge is 0.465 e. The van der Waals surface area contributed by atoms with Crippen molar-refractivity contribution in [3.63, 3.8) is 0 Å². The van der Waals surface area contributed by atoms with Crippen molar-refractivity contribution in [2.24, 2.45) is 0 Å². The lowest BCUT2D eigenvalue weighted by molar-refractivity contribution is 0.0602. The topological polar surface area (TPSA) is 39.4 Å². The molecule has 72 valence electrons. The first-order valence-corrected chi connectivity index (χ1v) is 4.28. The zero-order chi connectivity index (χ0) is 10.1. The molecule has 0 spiro atoms. The van der Waals surface area contributed by atoms with Crippen molar-refractivity contribution in [3.8, 4) is 0 Å². The molecule has 3 nitrogen and oxygen atoms in total. The minimum absolute atomic E-state index is 0.368. The van der Waals surface area contributed by atoms with Gasteiger partial charge >= 0.3 is 5.97 Å². The SMILES string of the molecule is COC(=O)c1coc2cc(C)ccc12. The number of ether oxygens (including phenoxy) is 1. The molecule has 2 rings (SSSR count). The third kappa shape index (κ3) is 1.27. The molecule has 0 atom stereocenters. The van der Waals surface area contributed by atoms with E-state index in [4.69, 9.17) is 4.42 Å². The Labute approximate surface area is 81.3 Å². The van der Waals surface area contributed by atoms with Crippen molar-refractivity contribution in [3.05, 3.63) is 35.6 Å². The molecule has 0 saturated carbocycles. The van der Waals surface area contributed by atoms with E-state index in [0.29, 0.717) is 11.1 Å². The molecule has 0 bridgehead atoms. The van der Waals surface area contributed by atoms with Crippen molar-refractivity contribution in [2.75, 3.05) is 7.11 Å². The number of rotatable bonds is 1. The molecule has 0 N–H and O–H groups in total. The van der Waals surface area contributed by atoms with E-state index in [1.807, 2.05) is 25.1 Å². The lowest BCUT2D eigenvalue weighted by atomic mass is 10.1. The van der Waals surface area contributed by atoms with Gasteiger partial charge in [-0.05, 0) is 24.6 Å². The summed E-state index contributed by atoms with van der Waals surface area (Å²) in [5.41, 5.74) is 2.29. The van der Waals surface area contributed by atoms with Crippen molar-refractivity contribution >= 4 is 16.9 Å². The van der Waals surface area contributed by atoms with Crippen LogP contribution in [-0.2, 0) is 4.74 Å². The van der Waals surface area contributed by atoms with E-state index in [9.17, 15) is 4.79 Å². The fourth-order valence-electron chi connectivity index (χ4n) is 1.40. The highest BCUT2D eigenvalue weighted by Crippen LogP contribution is 2.22. The lowest BCUT2D eigenvalue weighted by Crippen LogP contribution is -1.99. The minimum atomic E-state index is -0.368. The van der Waals surface area contributed by atoms with Gasteiger partial charge in [0.05, 0.1) is 7.11 Å². The fraction of sp³-hybridized carbons (Fsp3) is 0.182. The minimum Gasteiger partial charge on any atom is -0.465 e. The number of benzene rings is 1. The van der Waals surface area contributed by atoms with Gasteiger partial charge in [0.15, 0.2) is 0 Å². The number of furan rings is 1. The fourth-order valence-corrected chi connectivity index (χ4v) is 1.40. The molecule has 1 aromatic heterocycles. The second kappa shape index (κ2) is 3.18. The zero-order valence-corrected chi connectivity index (χ0v) is 8.03. The van der Waals surface area contributed by atoms with Crippen molar-refractivity contribution in [1.82, 2.24) is 0 Å². The van der Waals surface area contributed by atoms with Crippen LogP contribution in [0.5, 0.6) is 0 Å². The summed E-state index contributed by atoms with van der Waals surface area (Å²) in [6.45, 7) is 1.97. The summed E-state index contributed by atoms with van der Waals surface area (Å²) in [5.74, 6) is -0.368. The molecule has 0 radical (unpaired) electrons. The molecule has 0 aliphatic carbocycles. The summed E-state index contributed by atoms with van der Waals surface area (Å²) < 4.78 is 9.89. The Morgan fingerprint density at radius 3 is 2.93 bits per heavy atom. The average molecular weight is 190 g/mol. The number of methoxy groups -OCH3 is 1. The van der Waals surface area contributed by atoms with E-state index in [0.717, 1.165) is 10.9 Å². The van der Waals surface area contributed by atoms with Crippen LogP contribution in [0.15, 0.2) is 28.9 Å². The van der Waals surface area contributed by atoms with Crippen molar-refractivity contribution in [2.45, 2.75) is 6.92 Å². The second-order valence-corrected chi connectivity index (χ2v) is 3.14. The molecule has 0 fully saturated rings. The maximum atomic E-state index is 11.3. The van der Waals surface area contributed by atoms with Gasteiger partial charge in [0, 0.05) is 5.39 Å². The first-order chi connectivity index (χ1) is 6.72. The summed E-state index contributed by atoms with van der Waals surface area (Å²) >= 11 is 0. The molecule has 2 aromatic rings. The normalized spacial score (nSPS) is 10.4. The Kier molecular flexibility index (Phi) is 2.00. The number of hydrogen-bond acceptors (Lipinski definition) is 3. The molecule has 0 aliphatic heterocycles. The van der Waals surface area contributed by atoms with Gasteiger partial charge in [-0.1, -0.05) is 6.07 Å². The van der Waals surface area contributed by atoms with Crippen LogP contribution >= 0.6 is 0 Å². The van der Waals surface area contributed by atoms with E-state index in [-0.39, 0.29) is 5.97 Å². The van der Waals surface area contributed by atoms with E-state index in [1.165, 1.54) is 13.4 Å². The average Bonchev–Trinajstić information content (AvgIpc) is 2.59. The molecule has 0 unspecified atom stereocenters. The van der Waals surface area contributed by atoms with Crippen LogP contribution in [-0.4, -0.2) is 13.1 Å². The number of esters is 1. The quantitative estimate of drug-likeness (QED) is 0.648. The summed E-state index contributed by atoms with van der Waals surface area (Å²) in [6.07, 6.45) is 1.43. The summed E-state index contributed by atoms with van der Waals surface area (Å²) in [6, 6.07) is 5.69. The predicted molar refractivity (Wildman–Crippen MR) is 52.3 cm³/mol. The highest BCUT2D eigenvalue weighted by Gasteiger charge is 2.13. The predicted octanol–water partition coefficient (Wildman–Crippen LogP) is 2.53. The molecule has 1 heterocycles. The summed E-state index contributed by atoms with van der Waals surface area (Å²) in [4.78, 5) is 11.3. The van der Waals surface area contributed by atoms with E-state index in [1.54, 1.807) is 0 Å². The van der Waals surface area contributed by atoms with Gasteiger partial charge in [0.25, 0.3) is 0 Å². The van der Waals surface area contributed by atoms with E-state index >= 15 is 0 Å². The molecular weight excluding hydrogens is 180 g/mol. The molecule has 0 amide bonds. The van der Waals surface area contributed by atoms with Crippen LogP contribution in [0, 0.1) is 6.92 Å². The van der Waals surface area contributed by atoms with Crippen molar-refractivity contribution in [1.29, 1.82) is 0 Å². The standard InChI is InChI=1S/C11H10O3/c1-7-3-4-8-9(11(12)13-2)6-14-10(8)5-7/h3-6H,1-2H3. The number of fused-ring (bicyclic) bond motifs is 1. The third-order valence-electron chi connectivity index (χ3n) is 2.14. The van der Waals surface area contributed by atoms with Crippen LogP contribution in [0.2, 0.25) is 0 Å². The highest BCUT2D eigenvalue weighted by molar-refractivity contribution is 6.03. The van der Waals surface area contributed by atoms with Crippen molar-refractivity contribution < 1.29 is 13.9 Å². The van der Waals surface area contributed by atoms with Crippen LogP contribution in [0.25, 0.3) is 11.0 Å². The van der Waals surface area contributed by atoms with Gasteiger partial charge in [-0.2, -0.15) is 0 Å². The number of carbonyl (C=O) groups excluding carboxylic acids is 1. The van der Waals surface area contributed by atoms with Gasteiger partial charge < -0.3 is 9.15 Å². The Morgan fingerprint density at radius 2 is 2.21 bits per heavy atom. The smallest absolute Gasteiger partial charge is 0.341 e. The van der Waals surface area contributed by atoms with Gasteiger partial charge in [0.2, 0.25) is 0 Å². The first-order valence-electron chi connectivity index (χ1n) is 4.28. The molecule has 14 heavy (non-hydrogen) atoms. The highest BCUT2D eigenvalue weighted by atomic mass is 16.5. The molecule has 1 aromatic carbocycles. The molecular formula is C11H10O3. The van der Waals surface area contributed by atoms with Gasteiger partial charge in [-0.25, -0.2) is 4.79 Å². The Hall–Kier alpha value is -1.77. The maximum Gasteiger partial charge on any atom is 0.341 e. The Morgan fingerprint density at radius 1 is 1.43 bits per heavy atom. The van der Waals surface area contributed by atoms with E-state index < -0.39 is 0 Å². The van der Waals surface area contributed by atoms with Crippen LogP contribution in [0.1, 0.15) is 15.9 Å². The second-order valence-electron chi connectivity index (χ2n) is 3.14. The summed E-state index contributed by atoms with van der Waals surface area (Å²) in [5, 5.41) is 0.794. The van der Waals surface area contributed by atoms with Gasteiger partial charge in [-0.3, -0.25) is 0 Å². The van der Waals surface area contributed by atoms with Crippen LogP contribution in [0.4, 0.5) is 0 Å². The third-order valence-corrected chi connectivity index (χ3v) is 2.14. The number of carbonyl (C=O) groups is 1. The van der Waals surface area contributed by atoms with Gasteiger partial charge in [-0.15, -0.1) is 0 Å². The summed E-state index contributed by atoms with van der Waals surface area (Å²) in [7, 11) is 1.36. The monoisotopic (exact) mass is 190 g/mol. The van der Waals surface area contributed by atoms with Gasteiger partial charge in [0.1, 0.15) is 17.4 Å². The maximum absolute atomic E-state index is 11.3. The molecule has 0 saturated heterocycles. The Bertz CT molecular complexity index is 482. The molecule has 0 aliphatic rings. The molecule has 3 heteroatoms. The van der Waals surface area contributed by atoms with Crippen LogP contribution in [0.3, 0.4) is 0 Å². The zero-order valence-electron chi connectivity index (χ0n) is 8.03. The number of hydrogen-bond donors (Lipinski definition) is 0. The number of aryl methyl sites for hydroxylation is 1. The first kappa shape index (κ1) is 8.81. The lowest BCUT2D eigenvalue weighted by Gasteiger charge is -1.95. The van der Waals surface area contributed by atoms with E-state index in [2.05, 4.69) is 4.74 Å². The van der Waals surface area contributed by atoms with Crippen LogP contribution < -0.4 is 0 Å². The Balaban J connectivity index is 2.64.